The normalized spacial score (nSPS) is 11.4. The van der Waals surface area contributed by atoms with Crippen LogP contribution >= 0.6 is 15.9 Å². The van der Waals surface area contributed by atoms with Crippen molar-refractivity contribution in [1.29, 1.82) is 0 Å². The first-order valence-corrected chi connectivity index (χ1v) is 9.59. The lowest BCUT2D eigenvalue weighted by molar-refractivity contribution is -0.125. The van der Waals surface area contributed by atoms with Crippen molar-refractivity contribution in [3.63, 3.8) is 0 Å². The molecule has 0 spiro atoms. The van der Waals surface area contributed by atoms with E-state index in [-0.39, 0.29) is 5.56 Å². The molecule has 0 aliphatic heterocycles. The number of methoxy groups -OCH3 is 1. The molecule has 148 valence electrons. The van der Waals surface area contributed by atoms with Crippen LogP contribution in [-0.4, -0.2) is 24.0 Å². The number of nitrogens with one attached hydrogen (secondary N) is 1. The predicted octanol–water partition coefficient (Wildman–Crippen LogP) is 4.70. The second-order valence-electron chi connectivity index (χ2n) is 6.28. The lowest BCUT2D eigenvalue weighted by Crippen LogP contribution is -2.26. The average molecular weight is 455 g/mol. The number of esters is 1. The summed E-state index contributed by atoms with van der Waals surface area (Å²) >= 11 is 3.27. The van der Waals surface area contributed by atoms with Crippen molar-refractivity contribution in [3.8, 4) is 5.75 Å². The van der Waals surface area contributed by atoms with Gasteiger partial charge in [-0.05, 0) is 46.6 Å². The van der Waals surface area contributed by atoms with Crippen LogP contribution in [0.25, 0.3) is 0 Å². The zero-order valence-corrected chi connectivity index (χ0v) is 17.5. The number of aryl methyl sites for hydroxylation is 1. The SMILES string of the molecule is COc1ccc(C)cc1NC(=O)C(OC(=O)c1cncc(Br)c1)c1ccccc1. The van der Waals surface area contributed by atoms with Gasteiger partial charge in [0, 0.05) is 22.4 Å². The summed E-state index contributed by atoms with van der Waals surface area (Å²) < 4.78 is 11.5. The summed E-state index contributed by atoms with van der Waals surface area (Å²) in [7, 11) is 1.52. The van der Waals surface area contributed by atoms with Crippen LogP contribution < -0.4 is 10.1 Å². The largest absolute Gasteiger partial charge is 0.495 e. The molecule has 0 aliphatic carbocycles. The summed E-state index contributed by atoms with van der Waals surface area (Å²) in [4.78, 5) is 29.7. The Bertz CT molecular complexity index is 1020. The molecule has 0 bridgehead atoms. The monoisotopic (exact) mass is 454 g/mol. The van der Waals surface area contributed by atoms with Crippen LogP contribution in [0.15, 0.2) is 71.5 Å². The smallest absolute Gasteiger partial charge is 0.340 e. The summed E-state index contributed by atoms with van der Waals surface area (Å²) in [6, 6.07) is 15.8. The molecule has 0 saturated heterocycles. The third kappa shape index (κ3) is 5.20. The van der Waals surface area contributed by atoms with E-state index in [1.807, 2.05) is 19.1 Å². The van der Waals surface area contributed by atoms with E-state index in [2.05, 4.69) is 26.2 Å². The summed E-state index contributed by atoms with van der Waals surface area (Å²) in [5.74, 6) is -0.631. The van der Waals surface area contributed by atoms with Gasteiger partial charge in [-0.1, -0.05) is 36.4 Å². The molecule has 0 saturated carbocycles. The maximum Gasteiger partial charge on any atom is 0.340 e. The first-order chi connectivity index (χ1) is 14.0. The van der Waals surface area contributed by atoms with E-state index in [0.29, 0.717) is 21.5 Å². The van der Waals surface area contributed by atoms with Gasteiger partial charge in [0.1, 0.15) is 5.75 Å². The molecule has 7 heteroatoms. The Morgan fingerprint density at radius 1 is 1.07 bits per heavy atom. The molecule has 1 amide bonds. The van der Waals surface area contributed by atoms with E-state index in [1.165, 1.54) is 13.3 Å². The molecule has 3 rings (SSSR count). The van der Waals surface area contributed by atoms with Gasteiger partial charge < -0.3 is 14.8 Å². The van der Waals surface area contributed by atoms with E-state index in [9.17, 15) is 9.59 Å². The standard InChI is InChI=1S/C22H19BrN2O4/c1-14-8-9-19(28-2)18(10-14)25-21(26)20(15-6-4-3-5-7-15)29-22(27)16-11-17(23)13-24-12-16/h3-13,20H,1-2H3,(H,25,26). The Morgan fingerprint density at radius 3 is 2.52 bits per heavy atom. The third-order valence-electron chi connectivity index (χ3n) is 4.12. The zero-order chi connectivity index (χ0) is 20.8. The van der Waals surface area contributed by atoms with Crippen molar-refractivity contribution in [2.45, 2.75) is 13.0 Å². The Balaban J connectivity index is 1.89. The van der Waals surface area contributed by atoms with E-state index in [4.69, 9.17) is 9.47 Å². The Labute approximate surface area is 177 Å². The van der Waals surface area contributed by atoms with Crippen molar-refractivity contribution < 1.29 is 19.1 Å². The van der Waals surface area contributed by atoms with Gasteiger partial charge in [0.15, 0.2) is 0 Å². The van der Waals surface area contributed by atoms with E-state index in [1.54, 1.807) is 48.7 Å². The maximum atomic E-state index is 13.1. The first kappa shape index (κ1) is 20.5. The molecule has 6 nitrogen and oxygen atoms in total. The number of carbonyl (C=O) groups excluding carboxylic acids is 2. The minimum absolute atomic E-state index is 0.237. The summed E-state index contributed by atoms with van der Waals surface area (Å²) in [6.45, 7) is 1.91. The molecule has 0 radical (unpaired) electrons. The zero-order valence-electron chi connectivity index (χ0n) is 15.9. The van der Waals surface area contributed by atoms with Crippen molar-refractivity contribution in [1.82, 2.24) is 4.98 Å². The number of benzene rings is 2. The molecule has 1 unspecified atom stereocenters. The first-order valence-electron chi connectivity index (χ1n) is 8.80. The van der Waals surface area contributed by atoms with Crippen LogP contribution in [0.2, 0.25) is 0 Å². The molecule has 29 heavy (non-hydrogen) atoms. The number of ether oxygens (including phenoxy) is 2. The fourth-order valence-corrected chi connectivity index (χ4v) is 3.08. The summed E-state index contributed by atoms with van der Waals surface area (Å²) in [5, 5.41) is 2.80. The number of amides is 1. The number of anilines is 1. The minimum atomic E-state index is -1.15. The van der Waals surface area contributed by atoms with Crippen molar-refractivity contribution in [2.75, 3.05) is 12.4 Å². The molecule has 0 aliphatic rings. The molecule has 1 heterocycles. The van der Waals surface area contributed by atoms with Gasteiger partial charge in [-0.15, -0.1) is 0 Å². The predicted molar refractivity (Wildman–Crippen MR) is 113 cm³/mol. The second kappa shape index (κ2) is 9.34. The lowest BCUT2D eigenvalue weighted by Gasteiger charge is -2.19. The van der Waals surface area contributed by atoms with Gasteiger partial charge in [0.2, 0.25) is 6.10 Å². The molecule has 1 atom stereocenters. The minimum Gasteiger partial charge on any atom is -0.495 e. The van der Waals surface area contributed by atoms with Gasteiger partial charge in [-0.3, -0.25) is 9.78 Å². The Hall–Kier alpha value is -3.19. The van der Waals surface area contributed by atoms with Gasteiger partial charge in [-0.25, -0.2) is 4.79 Å². The average Bonchev–Trinajstić information content (AvgIpc) is 2.72. The highest BCUT2D eigenvalue weighted by molar-refractivity contribution is 9.10. The maximum absolute atomic E-state index is 13.1. The van der Waals surface area contributed by atoms with Gasteiger partial charge in [0.05, 0.1) is 18.4 Å². The fourth-order valence-electron chi connectivity index (χ4n) is 2.72. The molecule has 0 fully saturated rings. The number of aromatic nitrogens is 1. The number of hydrogen-bond acceptors (Lipinski definition) is 5. The van der Waals surface area contributed by atoms with Crippen molar-refractivity contribution in [3.05, 3.63) is 88.2 Å². The third-order valence-corrected chi connectivity index (χ3v) is 4.55. The van der Waals surface area contributed by atoms with Crippen LogP contribution in [0.5, 0.6) is 5.75 Å². The van der Waals surface area contributed by atoms with Crippen molar-refractivity contribution in [2.24, 2.45) is 0 Å². The number of nitrogens with zero attached hydrogens (tertiary/aromatic N) is 1. The van der Waals surface area contributed by atoms with Gasteiger partial charge >= 0.3 is 5.97 Å². The quantitative estimate of drug-likeness (QED) is 0.546. The lowest BCUT2D eigenvalue weighted by atomic mass is 10.1. The number of rotatable bonds is 6. The Kier molecular flexibility index (Phi) is 6.61. The highest BCUT2D eigenvalue weighted by Gasteiger charge is 2.26. The second-order valence-corrected chi connectivity index (χ2v) is 7.20. The highest BCUT2D eigenvalue weighted by Crippen LogP contribution is 2.28. The van der Waals surface area contributed by atoms with Gasteiger partial charge in [-0.2, -0.15) is 0 Å². The van der Waals surface area contributed by atoms with E-state index < -0.39 is 18.0 Å². The number of carbonyl (C=O) groups is 2. The van der Waals surface area contributed by atoms with Crippen LogP contribution in [0, 0.1) is 6.92 Å². The van der Waals surface area contributed by atoms with Crippen LogP contribution in [0.1, 0.15) is 27.6 Å². The van der Waals surface area contributed by atoms with Crippen LogP contribution in [0.3, 0.4) is 0 Å². The summed E-state index contributed by atoms with van der Waals surface area (Å²) in [5.41, 5.74) is 2.24. The number of hydrogen-bond donors (Lipinski definition) is 1. The molecular formula is C22H19BrN2O4. The molecule has 1 aromatic heterocycles. The highest BCUT2D eigenvalue weighted by atomic mass is 79.9. The molecular weight excluding hydrogens is 436 g/mol. The molecule has 3 aromatic rings. The Morgan fingerprint density at radius 2 is 1.83 bits per heavy atom. The topological polar surface area (TPSA) is 77.5 Å². The van der Waals surface area contributed by atoms with E-state index in [0.717, 1.165) is 5.56 Å². The number of halogens is 1. The van der Waals surface area contributed by atoms with Crippen LogP contribution in [0.4, 0.5) is 5.69 Å². The van der Waals surface area contributed by atoms with Gasteiger partial charge in [0.25, 0.3) is 5.91 Å². The fraction of sp³-hybridized carbons (Fsp3) is 0.136. The number of pyridine rings is 1. The van der Waals surface area contributed by atoms with E-state index >= 15 is 0 Å². The van der Waals surface area contributed by atoms with Crippen LogP contribution in [-0.2, 0) is 9.53 Å². The molecule has 1 N–H and O–H groups in total. The summed E-state index contributed by atoms with van der Waals surface area (Å²) in [6.07, 6.45) is 1.80. The van der Waals surface area contributed by atoms with Crippen molar-refractivity contribution >= 4 is 33.5 Å². The molecule has 2 aromatic carbocycles.